The Morgan fingerprint density at radius 3 is 2.95 bits per heavy atom. The normalized spacial score (nSPS) is 10.8. The van der Waals surface area contributed by atoms with Crippen molar-refractivity contribution in [1.29, 1.82) is 0 Å². The van der Waals surface area contributed by atoms with Gasteiger partial charge in [-0.15, -0.1) is 0 Å². The largest absolute Gasteiger partial charge is 0.494 e. The van der Waals surface area contributed by atoms with Crippen LogP contribution in [-0.2, 0) is 6.42 Å². The van der Waals surface area contributed by atoms with Gasteiger partial charge in [-0.1, -0.05) is 18.2 Å². The van der Waals surface area contributed by atoms with Gasteiger partial charge in [0.25, 0.3) is 0 Å². The van der Waals surface area contributed by atoms with E-state index in [0.29, 0.717) is 16.6 Å². The predicted molar refractivity (Wildman–Crippen MR) is 76.2 cm³/mol. The molecule has 0 aliphatic heterocycles. The molecule has 0 saturated heterocycles. The Hall–Kier alpha value is -2.69. The minimum Gasteiger partial charge on any atom is -0.494 e. The van der Waals surface area contributed by atoms with Crippen LogP contribution >= 0.6 is 0 Å². The molecular formula is C16H13FN2O2. The fraction of sp³-hybridized carbons (Fsp3) is 0.125. The van der Waals surface area contributed by atoms with Gasteiger partial charge in [-0.25, -0.2) is 8.91 Å². The Morgan fingerprint density at radius 1 is 1.29 bits per heavy atom. The van der Waals surface area contributed by atoms with Crippen LogP contribution in [0.4, 0.5) is 4.39 Å². The number of carbonyl (C=O) groups is 1. The van der Waals surface area contributed by atoms with E-state index in [1.165, 1.54) is 19.4 Å². The molecule has 0 amide bonds. The van der Waals surface area contributed by atoms with Gasteiger partial charge in [0.2, 0.25) is 0 Å². The van der Waals surface area contributed by atoms with E-state index in [-0.39, 0.29) is 18.0 Å². The standard InChI is InChI=1S/C16H13FN2O2/c1-21-15-7-4-5-11(16(15)17)9-14(20)12-10-18-19-8-3-2-6-13(12)19/h2-8,10H,9H2,1H3. The van der Waals surface area contributed by atoms with E-state index in [2.05, 4.69) is 5.10 Å². The summed E-state index contributed by atoms with van der Waals surface area (Å²) >= 11 is 0. The van der Waals surface area contributed by atoms with Crippen molar-refractivity contribution in [1.82, 2.24) is 9.61 Å². The third-order valence-electron chi connectivity index (χ3n) is 3.34. The van der Waals surface area contributed by atoms with Crippen molar-refractivity contribution < 1.29 is 13.9 Å². The van der Waals surface area contributed by atoms with E-state index in [0.717, 1.165) is 0 Å². The number of hydrogen-bond acceptors (Lipinski definition) is 3. The van der Waals surface area contributed by atoms with Crippen molar-refractivity contribution in [2.75, 3.05) is 7.11 Å². The first kappa shape index (κ1) is 13.3. The fourth-order valence-corrected chi connectivity index (χ4v) is 2.27. The number of fused-ring (bicyclic) bond motifs is 1. The summed E-state index contributed by atoms with van der Waals surface area (Å²) in [5.41, 5.74) is 1.51. The SMILES string of the molecule is COc1cccc(CC(=O)c2cnn3ccccc23)c1F. The van der Waals surface area contributed by atoms with Gasteiger partial charge in [0.15, 0.2) is 17.3 Å². The Bertz CT molecular complexity index is 811. The number of benzene rings is 1. The number of ketones is 1. The number of carbonyl (C=O) groups excluding carboxylic acids is 1. The quantitative estimate of drug-likeness (QED) is 0.692. The molecule has 0 N–H and O–H groups in total. The average Bonchev–Trinajstić information content (AvgIpc) is 2.93. The number of pyridine rings is 1. The van der Waals surface area contributed by atoms with Crippen molar-refractivity contribution in [3.8, 4) is 5.75 Å². The number of ether oxygens (including phenoxy) is 1. The number of hydrogen-bond donors (Lipinski definition) is 0. The van der Waals surface area contributed by atoms with Crippen molar-refractivity contribution in [3.05, 3.63) is 65.7 Å². The molecule has 5 heteroatoms. The highest BCUT2D eigenvalue weighted by atomic mass is 19.1. The first-order chi connectivity index (χ1) is 10.2. The Kier molecular flexibility index (Phi) is 3.39. The van der Waals surface area contributed by atoms with Crippen molar-refractivity contribution in [2.45, 2.75) is 6.42 Å². The van der Waals surface area contributed by atoms with Gasteiger partial charge in [-0.05, 0) is 23.8 Å². The second kappa shape index (κ2) is 5.36. The number of Topliss-reactive ketones (excluding diaryl/α,β-unsaturated/α-hetero) is 1. The maximum absolute atomic E-state index is 14.1. The molecule has 3 rings (SSSR count). The molecule has 0 saturated carbocycles. The molecule has 0 unspecified atom stereocenters. The van der Waals surface area contributed by atoms with Gasteiger partial charge < -0.3 is 4.74 Å². The summed E-state index contributed by atoms with van der Waals surface area (Å²) < 4.78 is 20.6. The van der Waals surface area contributed by atoms with Gasteiger partial charge in [0.05, 0.1) is 24.4 Å². The minimum absolute atomic E-state index is 0.0285. The maximum atomic E-state index is 14.1. The summed E-state index contributed by atoms with van der Waals surface area (Å²) in [6.07, 6.45) is 3.24. The van der Waals surface area contributed by atoms with Gasteiger partial charge in [-0.3, -0.25) is 4.79 Å². The second-order valence-electron chi connectivity index (χ2n) is 4.62. The lowest BCUT2D eigenvalue weighted by molar-refractivity contribution is 0.0993. The van der Waals surface area contributed by atoms with Crippen LogP contribution in [0.1, 0.15) is 15.9 Å². The van der Waals surface area contributed by atoms with Crippen molar-refractivity contribution in [2.24, 2.45) is 0 Å². The van der Waals surface area contributed by atoms with Crippen LogP contribution < -0.4 is 4.74 Å². The number of methoxy groups -OCH3 is 1. The molecule has 106 valence electrons. The number of aromatic nitrogens is 2. The summed E-state index contributed by atoms with van der Waals surface area (Å²) in [5.74, 6) is -0.534. The lowest BCUT2D eigenvalue weighted by atomic mass is 10.0. The zero-order valence-corrected chi connectivity index (χ0v) is 11.4. The van der Waals surface area contributed by atoms with E-state index < -0.39 is 5.82 Å². The zero-order valence-electron chi connectivity index (χ0n) is 11.4. The van der Waals surface area contributed by atoms with Crippen LogP contribution in [0.15, 0.2) is 48.8 Å². The summed E-state index contributed by atoms with van der Waals surface area (Å²) in [6.45, 7) is 0. The molecular weight excluding hydrogens is 271 g/mol. The van der Waals surface area contributed by atoms with Crippen LogP contribution in [0.2, 0.25) is 0 Å². The smallest absolute Gasteiger partial charge is 0.171 e. The number of nitrogens with zero attached hydrogens (tertiary/aromatic N) is 2. The highest BCUT2D eigenvalue weighted by Crippen LogP contribution is 2.22. The molecule has 0 spiro atoms. The molecule has 4 nitrogen and oxygen atoms in total. The van der Waals surface area contributed by atoms with Gasteiger partial charge in [0, 0.05) is 12.6 Å². The van der Waals surface area contributed by atoms with E-state index in [1.54, 1.807) is 22.8 Å². The molecule has 2 heterocycles. The first-order valence-corrected chi connectivity index (χ1v) is 6.47. The molecule has 1 aromatic carbocycles. The van der Waals surface area contributed by atoms with Crippen molar-refractivity contribution in [3.63, 3.8) is 0 Å². The molecule has 2 aromatic heterocycles. The highest BCUT2D eigenvalue weighted by Gasteiger charge is 2.16. The zero-order chi connectivity index (χ0) is 14.8. The van der Waals surface area contributed by atoms with Gasteiger partial charge >= 0.3 is 0 Å². The molecule has 0 aliphatic rings. The minimum atomic E-state index is -0.496. The van der Waals surface area contributed by atoms with E-state index in [9.17, 15) is 9.18 Å². The first-order valence-electron chi connectivity index (χ1n) is 6.47. The molecule has 0 bridgehead atoms. The second-order valence-corrected chi connectivity index (χ2v) is 4.62. The van der Waals surface area contributed by atoms with Crippen LogP contribution in [0.5, 0.6) is 5.75 Å². The third kappa shape index (κ3) is 2.38. The monoisotopic (exact) mass is 284 g/mol. The topological polar surface area (TPSA) is 43.6 Å². The van der Waals surface area contributed by atoms with Crippen LogP contribution in [0.25, 0.3) is 5.52 Å². The van der Waals surface area contributed by atoms with Crippen LogP contribution in [0.3, 0.4) is 0 Å². The van der Waals surface area contributed by atoms with E-state index >= 15 is 0 Å². The Balaban J connectivity index is 1.94. The molecule has 0 atom stereocenters. The lowest BCUT2D eigenvalue weighted by Crippen LogP contribution is -2.05. The molecule has 21 heavy (non-hydrogen) atoms. The summed E-state index contributed by atoms with van der Waals surface area (Å²) in [7, 11) is 1.40. The number of rotatable bonds is 4. The fourth-order valence-electron chi connectivity index (χ4n) is 2.27. The van der Waals surface area contributed by atoms with Crippen molar-refractivity contribution >= 4 is 11.3 Å². The lowest BCUT2D eigenvalue weighted by Gasteiger charge is -2.06. The van der Waals surface area contributed by atoms with E-state index in [1.807, 2.05) is 18.2 Å². The van der Waals surface area contributed by atoms with Crippen LogP contribution in [0, 0.1) is 5.82 Å². The third-order valence-corrected chi connectivity index (χ3v) is 3.34. The Labute approximate surface area is 120 Å². The predicted octanol–water partition coefficient (Wildman–Crippen LogP) is 2.91. The van der Waals surface area contributed by atoms with Gasteiger partial charge in [0.1, 0.15) is 0 Å². The maximum Gasteiger partial charge on any atom is 0.171 e. The van der Waals surface area contributed by atoms with E-state index in [4.69, 9.17) is 4.74 Å². The Morgan fingerprint density at radius 2 is 2.14 bits per heavy atom. The molecule has 3 aromatic rings. The summed E-state index contributed by atoms with van der Waals surface area (Å²) in [4.78, 5) is 12.4. The molecule has 0 aliphatic carbocycles. The summed E-state index contributed by atoms with van der Waals surface area (Å²) in [5, 5.41) is 4.11. The molecule has 0 fully saturated rings. The average molecular weight is 284 g/mol. The highest BCUT2D eigenvalue weighted by molar-refractivity contribution is 6.03. The van der Waals surface area contributed by atoms with Crippen LogP contribution in [-0.4, -0.2) is 22.5 Å². The molecule has 0 radical (unpaired) electrons. The number of halogens is 1. The summed E-state index contributed by atoms with van der Waals surface area (Å²) in [6, 6.07) is 10.2. The van der Waals surface area contributed by atoms with Gasteiger partial charge in [-0.2, -0.15) is 5.10 Å².